The van der Waals surface area contributed by atoms with Gasteiger partial charge >= 0.3 is 0 Å². The van der Waals surface area contributed by atoms with Gasteiger partial charge in [-0.15, -0.1) is 0 Å². The molecule has 0 spiro atoms. The maximum absolute atomic E-state index is 5.35. The Bertz CT molecular complexity index is 85.1. The second-order valence-corrected chi connectivity index (χ2v) is 3.76. The number of thiol groups is 1. The average molecular weight is 164 g/mol. The molecule has 1 atom stereocenters. The van der Waals surface area contributed by atoms with Gasteiger partial charge in [0.05, 0.1) is 5.60 Å². The van der Waals surface area contributed by atoms with E-state index in [-0.39, 0.29) is 5.60 Å². The Labute approximate surface area is 66.1 Å². The average Bonchev–Trinajstić information content (AvgIpc) is 1.86. The zero-order valence-corrected chi connectivity index (χ0v) is 9.53. The van der Waals surface area contributed by atoms with Crippen LogP contribution in [0.2, 0.25) is 0 Å². The Morgan fingerprint density at radius 1 is 1.67 bits per heavy atom. The highest BCUT2D eigenvalue weighted by molar-refractivity contribution is 7.81. The molecule has 0 aromatic rings. The zero-order valence-electron chi connectivity index (χ0n) is 6.64. The number of hydrogen-bond acceptors (Lipinski definition) is 2. The molecule has 0 saturated carbocycles. The van der Waals surface area contributed by atoms with Crippen LogP contribution in [-0.4, -0.2) is 21.3 Å². The summed E-state index contributed by atoms with van der Waals surface area (Å²) in [6.07, 6.45) is 1.07. The first-order valence-corrected chi connectivity index (χ1v) is 4.61. The molecule has 0 amide bonds. The van der Waals surface area contributed by atoms with Gasteiger partial charge in [-0.05, 0) is 20.3 Å². The molecule has 1 unspecified atom stereocenters. The van der Waals surface area contributed by atoms with Crippen molar-refractivity contribution < 1.29 is 4.43 Å². The molecule has 0 rings (SSSR count). The van der Waals surface area contributed by atoms with Gasteiger partial charge in [-0.25, -0.2) is 0 Å². The highest BCUT2D eigenvalue weighted by Crippen LogP contribution is 2.20. The van der Waals surface area contributed by atoms with Gasteiger partial charge < -0.3 is 4.43 Å². The van der Waals surface area contributed by atoms with E-state index in [1.165, 1.54) is 0 Å². The molecule has 0 aromatic heterocycles. The molecule has 3 heteroatoms. The first-order valence-electron chi connectivity index (χ1n) is 3.27. The molecule has 0 radical (unpaired) electrons. The zero-order chi connectivity index (χ0) is 7.49. The highest BCUT2D eigenvalue weighted by Gasteiger charge is 2.23. The first kappa shape index (κ1) is 9.53. The van der Waals surface area contributed by atoms with Crippen LogP contribution >= 0.6 is 12.6 Å². The van der Waals surface area contributed by atoms with Crippen LogP contribution in [0.3, 0.4) is 0 Å². The minimum absolute atomic E-state index is 0.0237. The first-order chi connectivity index (χ1) is 4.04. The van der Waals surface area contributed by atoms with Gasteiger partial charge in [0.25, 0.3) is 0 Å². The molecule has 0 aliphatic rings. The lowest BCUT2D eigenvalue weighted by molar-refractivity contribution is 0.119. The predicted octanol–water partition coefficient (Wildman–Crippen LogP) is 0.770. The molecule has 56 valence electrons. The fraction of sp³-hybridized carbons (Fsp3) is 1.00. The summed E-state index contributed by atoms with van der Waals surface area (Å²) in [6.45, 7) is 6.29. The normalized spacial score (nSPS) is 16.0. The number of hydrogen-bond donors (Lipinski definition) is 1. The SMILES string of the molecule is CCC(S)C(C)(C)O[SiH3]. The van der Waals surface area contributed by atoms with Crippen molar-refractivity contribution in [3.63, 3.8) is 0 Å². The summed E-state index contributed by atoms with van der Waals surface area (Å²) in [6, 6.07) is 0. The quantitative estimate of drug-likeness (QED) is 0.479. The van der Waals surface area contributed by atoms with Gasteiger partial charge in [0.15, 0.2) is 0 Å². The van der Waals surface area contributed by atoms with E-state index in [1.54, 1.807) is 0 Å². The second-order valence-electron chi connectivity index (χ2n) is 2.73. The van der Waals surface area contributed by atoms with Crippen LogP contribution in [0.25, 0.3) is 0 Å². The summed E-state index contributed by atoms with van der Waals surface area (Å²) in [5.74, 6) is 0. The van der Waals surface area contributed by atoms with Crippen molar-refractivity contribution in [3.05, 3.63) is 0 Å². The topological polar surface area (TPSA) is 9.23 Å². The van der Waals surface area contributed by atoms with E-state index in [0.717, 1.165) is 16.9 Å². The smallest absolute Gasteiger partial charge is 0.146 e. The molecule has 0 bridgehead atoms. The van der Waals surface area contributed by atoms with E-state index in [9.17, 15) is 0 Å². The Balaban J connectivity index is 3.80. The molecule has 0 aromatic carbocycles. The summed E-state index contributed by atoms with van der Waals surface area (Å²) < 4.78 is 5.35. The Hall–Kier alpha value is 0.527. The summed E-state index contributed by atoms with van der Waals surface area (Å²) in [5.41, 5.74) is -0.0237. The maximum Gasteiger partial charge on any atom is 0.146 e. The van der Waals surface area contributed by atoms with E-state index in [0.29, 0.717) is 5.25 Å². The summed E-state index contributed by atoms with van der Waals surface area (Å²) in [4.78, 5) is 0. The lowest BCUT2D eigenvalue weighted by Crippen LogP contribution is -2.34. The summed E-state index contributed by atoms with van der Waals surface area (Å²) in [7, 11) is 0.801. The second kappa shape index (κ2) is 3.64. The standard InChI is InChI=1S/C6H16OSSi/c1-4-5(8)6(2,3)7-9/h5,8H,4H2,1-3,9H3. The van der Waals surface area contributed by atoms with Gasteiger partial charge in [-0.3, -0.25) is 0 Å². The lowest BCUT2D eigenvalue weighted by Gasteiger charge is -2.29. The number of rotatable bonds is 3. The van der Waals surface area contributed by atoms with Crippen LogP contribution in [-0.2, 0) is 4.43 Å². The van der Waals surface area contributed by atoms with Crippen molar-refractivity contribution in [2.45, 2.75) is 38.0 Å². The predicted molar refractivity (Wildman–Crippen MR) is 48.2 cm³/mol. The van der Waals surface area contributed by atoms with Crippen LogP contribution < -0.4 is 0 Å². The molecule has 0 saturated heterocycles. The molecule has 0 aliphatic carbocycles. The van der Waals surface area contributed by atoms with Crippen molar-refractivity contribution in [1.29, 1.82) is 0 Å². The van der Waals surface area contributed by atoms with E-state index in [1.807, 2.05) is 0 Å². The minimum Gasteiger partial charge on any atom is -0.422 e. The van der Waals surface area contributed by atoms with E-state index in [2.05, 4.69) is 33.4 Å². The van der Waals surface area contributed by atoms with Gasteiger partial charge in [-0.2, -0.15) is 12.6 Å². The van der Waals surface area contributed by atoms with E-state index < -0.39 is 0 Å². The molecular formula is C6H16OSSi. The fourth-order valence-electron chi connectivity index (χ4n) is 0.628. The van der Waals surface area contributed by atoms with E-state index in [4.69, 9.17) is 4.43 Å². The van der Waals surface area contributed by atoms with Crippen molar-refractivity contribution >= 4 is 23.1 Å². The molecular weight excluding hydrogens is 148 g/mol. The Morgan fingerprint density at radius 3 is 2.22 bits per heavy atom. The third-order valence-electron chi connectivity index (χ3n) is 1.72. The largest absolute Gasteiger partial charge is 0.422 e. The molecule has 0 aliphatic heterocycles. The maximum atomic E-state index is 5.35. The monoisotopic (exact) mass is 164 g/mol. The summed E-state index contributed by atoms with van der Waals surface area (Å²) in [5, 5.41) is 0.370. The van der Waals surface area contributed by atoms with Gasteiger partial charge in [0.1, 0.15) is 10.5 Å². The van der Waals surface area contributed by atoms with Crippen molar-refractivity contribution in [2.24, 2.45) is 0 Å². The van der Waals surface area contributed by atoms with E-state index >= 15 is 0 Å². The van der Waals surface area contributed by atoms with Crippen LogP contribution in [0.5, 0.6) is 0 Å². The van der Waals surface area contributed by atoms with Crippen molar-refractivity contribution in [1.82, 2.24) is 0 Å². The van der Waals surface area contributed by atoms with Gasteiger partial charge in [0, 0.05) is 5.25 Å². The van der Waals surface area contributed by atoms with Crippen molar-refractivity contribution in [2.75, 3.05) is 0 Å². The third kappa shape index (κ3) is 2.73. The van der Waals surface area contributed by atoms with Crippen LogP contribution in [0.1, 0.15) is 27.2 Å². The molecule has 0 heterocycles. The van der Waals surface area contributed by atoms with Gasteiger partial charge in [-0.1, -0.05) is 6.92 Å². The Kier molecular flexibility index (Phi) is 3.85. The van der Waals surface area contributed by atoms with Crippen LogP contribution in [0.4, 0.5) is 0 Å². The van der Waals surface area contributed by atoms with Gasteiger partial charge in [0.2, 0.25) is 0 Å². The highest BCUT2D eigenvalue weighted by atomic mass is 32.1. The third-order valence-corrected chi connectivity index (χ3v) is 3.75. The Morgan fingerprint density at radius 2 is 2.11 bits per heavy atom. The van der Waals surface area contributed by atoms with Crippen LogP contribution in [0.15, 0.2) is 0 Å². The minimum atomic E-state index is -0.0237. The molecule has 0 fully saturated rings. The van der Waals surface area contributed by atoms with Crippen LogP contribution in [0, 0.1) is 0 Å². The fourth-order valence-corrected chi connectivity index (χ4v) is 1.22. The molecule has 9 heavy (non-hydrogen) atoms. The molecule has 1 nitrogen and oxygen atoms in total. The summed E-state index contributed by atoms with van der Waals surface area (Å²) >= 11 is 4.39. The van der Waals surface area contributed by atoms with Crippen molar-refractivity contribution in [3.8, 4) is 0 Å². The lowest BCUT2D eigenvalue weighted by atomic mass is 10.0. The molecule has 0 N–H and O–H groups in total.